The Bertz CT molecular complexity index is 499. The van der Waals surface area contributed by atoms with Crippen LogP contribution in [-0.2, 0) is 0 Å². The van der Waals surface area contributed by atoms with Crippen LogP contribution in [0.1, 0.15) is 49.8 Å². The van der Waals surface area contributed by atoms with Crippen molar-refractivity contribution in [1.82, 2.24) is 4.98 Å². The number of pyridine rings is 1. The van der Waals surface area contributed by atoms with E-state index in [4.69, 9.17) is 5.26 Å². The van der Waals surface area contributed by atoms with Crippen molar-refractivity contribution in [3.8, 4) is 6.07 Å². The van der Waals surface area contributed by atoms with E-state index in [1.807, 2.05) is 19.1 Å². The molecule has 0 N–H and O–H groups in total. The van der Waals surface area contributed by atoms with E-state index in [0.29, 0.717) is 5.41 Å². The van der Waals surface area contributed by atoms with Crippen molar-refractivity contribution in [2.75, 3.05) is 18.0 Å². The second kappa shape index (κ2) is 4.85. The lowest BCUT2D eigenvalue weighted by atomic mass is 9.77. The number of nitriles is 1. The lowest BCUT2D eigenvalue weighted by Gasteiger charge is -2.40. The van der Waals surface area contributed by atoms with Gasteiger partial charge in [0.2, 0.25) is 0 Å². The minimum atomic E-state index is 0.637. The van der Waals surface area contributed by atoms with E-state index in [1.54, 1.807) is 0 Å². The van der Waals surface area contributed by atoms with Crippen LogP contribution in [-0.4, -0.2) is 18.1 Å². The lowest BCUT2D eigenvalue weighted by molar-refractivity contribution is 0.226. The smallest absolute Gasteiger partial charge is 0.130 e. The molecular weight excluding hydrogens is 234 g/mol. The molecule has 0 atom stereocenters. The van der Waals surface area contributed by atoms with Crippen LogP contribution in [0.4, 0.5) is 5.82 Å². The molecule has 2 fully saturated rings. The highest BCUT2D eigenvalue weighted by Crippen LogP contribution is 2.46. The second-order valence-electron chi connectivity index (χ2n) is 6.16. The summed E-state index contributed by atoms with van der Waals surface area (Å²) in [7, 11) is 0. The third-order valence-corrected chi connectivity index (χ3v) is 4.88. The van der Waals surface area contributed by atoms with Crippen LogP contribution in [0, 0.1) is 23.7 Å². The summed E-state index contributed by atoms with van der Waals surface area (Å²) in [5.41, 5.74) is 2.30. The van der Waals surface area contributed by atoms with E-state index in [2.05, 4.69) is 16.0 Å². The van der Waals surface area contributed by atoms with Crippen LogP contribution in [0.5, 0.6) is 0 Å². The predicted molar refractivity (Wildman–Crippen MR) is 76.0 cm³/mol. The molecule has 1 saturated carbocycles. The van der Waals surface area contributed by atoms with Crippen molar-refractivity contribution in [2.24, 2.45) is 5.41 Å². The Morgan fingerprint density at radius 1 is 1.16 bits per heavy atom. The number of piperidine rings is 1. The first-order valence-corrected chi connectivity index (χ1v) is 7.35. The maximum atomic E-state index is 9.06. The number of nitrogens with zero attached hydrogens (tertiary/aromatic N) is 3. The fourth-order valence-electron chi connectivity index (χ4n) is 3.71. The molecule has 0 unspecified atom stereocenters. The third-order valence-electron chi connectivity index (χ3n) is 4.88. The topological polar surface area (TPSA) is 39.9 Å². The largest absolute Gasteiger partial charge is 0.357 e. The van der Waals surface area contributed by atoms with Crippen molar-refractivity contribution in [3.05, 3.63) is 23.4 Å². The summed E-state index contributed by atoms with van der Waals surface area (Å²) in [6, 6.07) is 6.01. The standard InChI is InChI=1S/C16H21N3/c1-13-10-14(12-17)11-15(18-13)19-8-6-16(7-9-19)4-2-3-5-16/h10-11H,2-9H2,1H3. The van der Waals surface area contributed by atoms with Crippen LogP contribution < -0.4 is 4.90 Å². The van der Waals surface area contributed by atoms with Gasteiger partial charge in [-0.25, -0.2) is 4.98 Å². The van der Waals surface area contributed by atoms with Gasteiger partial charge < -0.3 is 4.90 Å². The molecule has 1 aromatic heterocycles. The van der Waals surface area contributed by atoms with Gasteiger partial charge in [-0.1, -0.05) is 12.8 Å². The van der Waals surface area contributed by atoms with Gasteiger partial charge in [0.05, 0.1) is 11.6 Å². The summed E-state index contributed by atoms with van der Waals surface area (Å²) < 4.78 is 0. The Hall–Kier alpha value is -1.56. The number of hydrogen-bond donors (Lipinski definition) is 0. The molecule has 0 amide bonds. The average molecular weight is 255 g/mol. The molecule has 19 heavy (non-hydrogen) atoms. The first kappa shape index (κ1) is 12.5. The number of aromatic nitrogens is 1. The normalized spacial score (nSPS) is 21.6. The lowest BCUT2D eigenvalue weighted by Crippen LogP contribution is -2.39. The fraction of sp³-hybridized carbons (Fsp3) is 0.625. The van der Waals surface area contributed by atoms with Crippen molar-refractivity contribution in [3.63, 3.8) is 0 Å². The highest BCUT2D eigenvalue weighted by Gasteiger charge is 2.37. The van der Waals surface area contributed by atoms with E-state index in [1.165, 1.54) is 38.5 Å². The third kappa shape index (κ3) is 2.45. The van der Waals surface area contributed by atoms with Gasteiger partial charge in [0.25, 0.3) is 0 Å². The molecular formula is C16H21N3. The first-order chi connectivity index (χ1) is 9.21. The quantitative estimate of drug-likeness (QED) is 0.772. The maximum absolute atomic E-state index is 9.06. The highest BCUT2D eigenvalue weighted by molar-refractivity contribution is 5.47. The van der Waals surface area contributed by atoms with E-state index in [0.717, 1.165) is 30.2 Å². The predicted octanol–water partition coefficient (Wildman–Crippen LogP) is 3.42. The second-order valence-corrected chi connectivity index (χ2v) is 6.16. The summed E-state index contributed by atoms with van der Waals surface area (Å²) in [6.07, 6.45) is 8.27. The van der Waals surface area contributed by atoms with Crippen molar-refractivity contribution >= 4 is 5.82 Å². The van der Waals surface area contributed by atoms with Gasteiger partial charge in [0, 0.05) is 18.8 Å². The van der Waals surface area contributed by atoms with Gasteiger partial charge in [0.15, 0.2) is 0 Å². The molecule has 2 aliphatic rings. The van der Waals surface area contributed by atoms with Gasteiger partial charge in [-0.2, -0.15) is 5.26 Å². The number of hydrogen-bond acceptors (Lipinski definition) is 3. The Morgan fingerprint density at radius 2 is 1.84 bits per heavy atom. The molecule has 1 aliphatic heterocycles. The van der Waals surface area contributed by atoms with Gasteiger partial charge in [0.1, 0.15) is 5.82 Å². The molecule has 3 nitrogen and oxygen atoms in total. The van der Waals surface area contributed by atoms with Crippen molar-refractivity contribution in [2.45, 2.75) is 45.4 Å². The Morgan fingerprint density at radius 3 is 2.47 bits per heavy atom. The van der Waals surface area contributed by atoms with E-state index in [9.17, 15) is 0 Å². The van der Waals surface area contributed by atoms with Crippen LogP contribution in [0.3, 0.4) is 0 Å². The van der Waals surface area contributed by atoms with Crippen LogP contribution in [0.2, 0.25) is 0 Å². The minimum Gasteiger partial charge on any atom is -0.357 e. The highest BCUT2D eigenvalue weighted by atomic mass is 15.2. The molecule has 1 aromatic rings. The summed E-state index contributed by atoms with van der Waals surface area (Å²) >= 11 is 0. The molecule has 1 spiro atoms. The van der Waals surface area contributed by atoms with Crippen molar-refractivity contribution < 1.29 is 0 Å². The minimum absolute atomic E-state index is 0.637. The molecule has 1 saturated heterocycles. The summed E-state index contributed by atoms with van der Waals surface area (Å²) in [4.78, 5) is 6.95. The molecule has 3 heteroatoms. The molecule has 3 rings (SSSR count). The fourth-order valence-corrected chi connectivity index (χ4v) is 3.71. The maximum Gasteiger partial charge on any atom is 0.130 e. The number of anilines is 1. The molecule has 0 radical (unpaired) electrons. The zero-order chi connectivity index (χ0) is 13.3. The molecule has 100 valence electrons. The number of aryl methyl sites for hydroxylation is 1. The van der Waals surface area contributed by atoms with Crippen LogP contribution >= 0.6 is 0 Å². The zero-order valence-electron chi connectivity index (χ0n) is 11.7. The van der Waals surface area contributed by atoms with E-state index in [-0.39, 0.29) is 0 Å². The van der Waals surface area contributed by atoms with Crippen LogP contribution in [0.25, 0.3) is 0 Å². The summed E-state index contributed by atoms with van der Waals surface area (Å²) in [5.74, 6) is 0.990. The van der Waals surface area contributed by atoms with E-state index < -0.39 is 0 Å². The van der Waals surface area contributed by atoms with Gasteiger partial charge in [-0.15, -0.1) is 0 Å². The van der Waals surface area contributed by atoms with Crippen molar-refractivity contribution in [1.29, 1.82) is 5.26 Å². The number of rotatable bonds is 1. The molecule has 2 heterocycles. The Balaban J connectivity index is 1.74. The summed E-state index contributed by atoms with van der Waals surface area (Å²) in [5, 5.41) is 9.06. The van der Waals surface area contributed by atoms with Gasteiger partial charge >= 0.3 is 0 Å². The van der Waals surface area contributed by atoms with E-state index >= 15 is 0 Å². The monoisotopic (exact) mass is 255 g/mol. The molecule has 0 bridgehead atoms. The summed E-state index contributed by atoms with van der Waals surface area (Å²) in [6.45, 7) is 4.16. The Kier molecular flexibility index (Phi) is 3.18. The zero-order valence-corrected chi connectivity index (χ0v) is 11.7. The first-order valence-electron chi connectivity index (χ1n) is 7.35. The molecule has 1 aliphatic carbocycles. The average Bonchev–Trinajstić information content (AvgIpc) is 2.87. The SMILES string of the molecule is Cc1cc(C#N)cc(N2CCC3(CCCC3)CC2)n1. The van der Waals surface area contributed by atoms with Gasteiger partial charge in [-0.05, 0) is 50.2 Å². The van der Waals surface area contributed by atoms with Gasteiger partial charge in [-0.3, -0.25) is 0 Å². The Labute approximate surface area is 115 Å². The molecule has 0 aromatic carbocycles. The van der Waals surface area contributed by atoms with Crippen LogP contribution in [0.15, 0.2) is 12.1 Å².